The molecule has 1 aliphatic carbocycles. The second-order valence-electron chi connectivity index (χ2n) is 13.6. The van der Waals surface area contributed by atoms with Gasteiger partial charge in [-0.15, -0.1) is 0 Å². The molecule has 1 unspecified atom stereocenters. The van der Waals surface area contributed by atoms with Crippen LogP contribution < -0.4 is 0 Å². The highest BCUT2D eigenvalue weighted by molar-refractivity contribution is 6.09. The lowest BCUT2D eigenvalue weighted by molar-refractivity contribution is 0.764. The van der Waals surface area contributed by atoms with Gasteiger partial charge >= 0.3 is 0 Å². The first-order chi connectivity index (χ1) is 25.2. The first-order valence-electron chi connectivity index (χ1n) is 17.9. The molecular weight excluding hydrogens is 617 g/mol. The average molecular weight is 655 g/mol. The van der Waals surface area contributed by atoms with E-state index in [0.717, 1.165) is 35.1 Å². The minimum Gasteiger partial charge on any atom is -0.294 e. The molecule has 1 aliphatic rings. The number of rotatable bonds is 7. The molecule has 8 aromatic rings. The standard InChI is InChI=1S/C49H38N2/c1-34-18-21-40(32-46(34)44-16-9-8-15-42(44)31-35-19-22-38(23-20-35)36-11-4-2-5-12-36)41-26-29-48-47(33-41)45-17-10-30-50-49(45)51(48)43-27-24-39(25-28-43)37-13-6-3-7-14-37/h2-15,17-30,32-33,44H,16,31H2,1H3. The molecule has 2 aromatic heterocycles. The van der Waals surface area contributed by atoms with Crippen molar-refractivity contribution in [3.05, 3.63) is 204 Å². The van der Waals surface area contributed by atoms with Crippen LogP contribution in [0.5, 0.6) is 0 Å². The Morgan fingerprint density at radius 3 is 1.94 bits per heavy atom. The SMILES string of the molecule is Cc1ccc(-c2ccc3c(c2)c2cccnc2n3-c2ccc(-c3ccccc3)cc2)cc1C1CC=CC=C1Cc1ccc(-c2ccccc2)cc1. The molecule has 2 heteroatoms. The topological polar surface area (TPSA) is 17.8 Å². The molecule has 0 fully saturated rings. The molecule has 0 amide bonds. The molecular formula is C49H38N2. The molecule has 0 radical (unpaired) electrons. The van der Waals surface area contributed by atoms with Crippen molar-refractivity contribution in [2.75, 3.05) is 0 Å². The minimum absolute atomic E-state index is 0.345. The van der Waals surface area contributed by atoms with Gasteiger partial charge in [-0.3, -0.25) is 4.57 Å². The fourth-order valence-corrected chi connectivity index (χ4v) is 7.78. The summed E-state index contributed by atoms with van der Waals surface area (Å²) in [7, 11) is 0. The number of hydrogen-bond donors (Lipinski definition) is 0. The van der Waals surface area contributed by atoms with Gasteiger partial charge in [-0.2, -0.15) is 0 Å². The quantitative estimate of drug-likeness (QED) is 0.167. The van der Waals surface area contributed by atoms with Crippen molar-refractivity contribution in [3.8, 4) is 39.1 Å². The smallest absolute Gasteiger partial charge is 0.145 e. The number of benzene rings is 6. The fraction of sp³-hybridized carbons (Fsp3) is 0.0816. The van der Waals surface area contributed by atoms with Crippen molar-refractivity contribution < 1.29 is 0 Å². The normalized spacial score (nSPS) is 14.2. The third kappa shape index (κ3) is 5.89. The van der Waals surface area contributed by atoms with Crippen LogP contribution in [0.15, 0.2) is 188 Å². The molecule has 51 heavy (non-hydrogen) atoms. The summed E-state index contributed by atoms with van der Waals surface area (Å²) in [4.78, 5) is 4.88. The fourth-order valence-electron chi connectivity index (χ4n) is 7.78. The summed E-state index contributed by atoms with van der Waals surface area (Å²) in [5, 5.41) is 2.37. The van der Waals surface area contributed by atoms with Gasteiger partial charge in [0, 0.05) is 28.6 Å². The number of fused-ring (bicyclic) bond motifs is 3. The van der Waals surface area contributed by atoms with E-state index in [-0.39, 0.29) is 0 Å². The van der Waals surface area contributed by atoms with Gasteiger partial charge in [-0.05, 0) is 106 Å². The maximum atomic E-state index is 4.88. The first-order valence-corrected chi connectivity index (χ1v) is 17.9. The number of allylic oxidation sites excluding steroid dienone is 4. The molecule has 1 atom stereocenters. The maximum Gasteiger partial charge on any atom is 0.145 e. The molecule has 9 rings (SSSR count). The predicted octanol–water partition coefficient (Wildman–Crippen LogP) is 12.7. The van der Waals surface area contributed by atoms with Crippen LogP contribution in [0.4, 0.5) is 0 Å². The Kier molecular flexibility index (Phi) is 7.98. The molecule has 0 bridgehead atoms. The lowest BCUT2D eigenvalue weighted by Crippen LogP contribution is -2.09. The number of nitrogens with zero attached hydrogens (tertiary/aromatic N) is 2. The summed E-state index contributed by atoms with van der Waals surface area (Å²) in [5.74, 6) is 0.345. The number of aryl methyl sites for hydroxylation is 1. The minimum atomic E-state index is 0.345. The molecule has 2 heterocycles. The van der Waals surface area contributed by atoms with Crippen LogP contribution in [-0.2, 0) is 6.42 Å². The van der Waals surface area contributed by atoms with Crippen molar-refractivity contribution in [3.63, 3.8) is 0 Å². The highest BCUT2D eigenvalue weighted by atomic mass is 15.0. The van der Waals surface area contributed by atoms with E-state index in [9.17, 15) is 0 Å². The van der Waals surface area contributed by atoms with E-state index in [1.54, 1.807) is 0 Å². The lowest BCUT2D eigenvalue weighted by atomic mass is 9.79. The Labute approximate surface area is 299 Å². The highest BCUT2D eigenvalue weighted by Crippen LogP contribution is 2.39. The number of aromatic nitrogens is 2. The molecule has 0 aliphatic heterocycles. The van der Waals surface area contributed by atoms with Crippen LogP contribution >= 0.6 is 0 Å². The second-order valence-corrected chi connectivity index (χ2v) is 13.6. The summed E-state index contributed by atoms with van der Waals surface area (Å²) in [6, 6.07) is 57.2. The van der Waals surface area contributed by atoms with Crippen molar-refractivity contribution in [1.29, 1.82) is 0 Å². The zero-order valence-electron chi connectivity index (χ0n) is 28.7. The van der Waals surface area contributed by atoms with Gasteiger partial charge in [0.15, 0.2) is 0 Å². The lowest BCUT2D eigenvalue weighted by Gasteiger charge is -2.25. The molecule has 0 N–H and O–H groups in total. The van der Waals surface area contributed by atoms with Crippen LogP contribution in [0.2, 0.25) is 0 Å². The highest BCUT2D eigenvalue weighted by Gasteiger charge is 2.21. The van der Waals surface area contributed by atoms with Gasteiger partial charge in [-0.1, -0.05) is 145 Å². The number of hydrogen-bond acceptors (Lipinski definition) is 1. The van der Waals surface area contributed by atoms with Gasteiger partial charge < -0.3 is 0 Å². The van der Waals surface area contributed by atoms with E-state index in [4.69, 9.17) is 4.98 Å². The van der Waals surface area contributed by atoms with Gasteiger partial charge in [0.25, 0.3) is 0 Å². The van der Waals surface area contributed by atoms with Crippen molar-refractivity contribution in [1.82, 2.24) is 9.55 Å². The Morgan fingerprint density at radius 2 is 1.22 bits per heavy atom. The van der Waals surface area contributed by atoms with Crippen LogP contribution in [0.25, 0.3) is 61.0 Å². The van der Waals surface area contributed by atoms with E-state index >= 15 is 0 Å². The molecule has 244 valence electrons. The summed E-state index contributed by atoms with van der Waals surface area (Å²) >= 11 is 0. The van der Waals surface area contributed by atoms with Crippen molar-refractivity contribution >= 4 is 21.9 Å². The van der Waals surface area contributed by atoms with Gasteiger partial charge in [-0.25, -0.2) is 4.98 Å². The third-order valence-corrected chi connectivity index (χ3v) is 10.5. The third-order valence-electron chi connectivity index (χ3n) is 10.5. The molecule has 6 aromatic carbocycles. The van der Waals surface area contributed by atoms with E-state index in [2.05, 4.69) is 181 Å². The van der Waals surface area contributed by atoms with Crippen LogP contribution in [0.3, 0.4) is 0 Å². The van der Waals surface area contributed by atoms with Gasteiger partial charge in [0.05, 0.1) is 5.52 Å². The van der Waals surface area contributed by atoms with Crippen LogP contribution in [0.1, 0.15) is 29.0 Å². The average Bonchev–Trinajstić information content (AvgIpc) is 3.53. The maximum absolute atomic E-state index is 4.88. The zero-order valence-corrected chi connectivity index (χ0v) is 28.7. The largest absolute Gasteiger partial charge is 0.294 e. The zero-order chi connectivity index (χ0) is 34.1. The van der Waals surface area contributed by atoms with Crippen molar-refractivity contribution in [2.24, 2.45) is 0 Å². The van der Waals surface area contributed by atoms with E-state index in [1.165, 1.54) is 61.0 Å². The first kappa shape index (κ1) is 30.8. The Bertz CT molecular complexity index is 2550. The Balaban J connectivity index is 1.04. The second kappa shape index (κ2) is 13.2. The molecule has 0 saturated carbocycles. The monoisotopic (exact) mass is 654 g/mol. The Morgan fingerprint density at radius 1 is 0.588 bits per heavy atom. The van der Waals surface area contributed by atoms with Crippen LogP contribution in [0, 0.1) is 6.92 Å². The van der Waals surface area contributed by atoms with E-state index in [0.29, 0.717) is 5.92 Å². The summed E-state index contributed by atoms with van der Waals surface area (Å²) < 4.78 is 2.29. The molecule has 0 saturated heterocycles. The van der Waals surface area contributed by atoms with Crippen LogP contribution in [-0.4, -0.2) is 9.55 Å². The molecule has 2 nitrogen and oxygen atoms in total. The summed E-state index contributed by atoms with van der Waals surface area (Å²) in [6.45, 7) is 2.26. The Hall–Kier alpha value is -6.25. The van der Waals surface area contributed by atoms with Gasteiger partial charge in [0.1, 0.15) is 5.65 Å². The van der Waals surface area contributed by atoms with E-state index in [1.807, 2.05) is 12.3 Å². The number of pyridine rings is 1. The summed E-state index contributed by atoms with van der Waals surface area (Å²) in [5.41, 5.74) is 16.2. The van der Waals surface area contributed by atoms with Gasteiger partial charge in [0.2, 0.25) is 0 Å². The predicted molar refractivity (Wildman–Crippen MR) is 214 cm³/mol. The molecule has 0 spiro atoms. The van der Waals surface area contributed by atoms with Crippen molar-refractivity contribution in [2.45, 2.75) is 25.7 Å². The summed E-state index contributed by atoms with van der Waals surface area (Å²) in [6.07, 6.45) is 10.7. The van der Waals surface area contributed by atoms with E-state index < -0.39 is 0 Å².